The number of ketones is 2. The van der Waals surface area contributed by atoms with E-state index in [0.29, 0.717) is 31.7 Å². The Balaban J connectivity index is 1.90. The number of allylic oxidation sites excluding steroid dienone is 2. The van der Waals surface area contributed by atoms with Gasteiger partial charge in [-0.1, -0.05) is 37.1 Å². The summed E-state index contributed by atoms with van der Waals surface area (Å²) < 4.78 is 28.1. The lowest BCUT2D eigenvalue weighted by Gasteiger charge is -2.31. The molecule has 0 unspecified atom stereocenters. The molecule has 0 atom stereocenters. The Kier molecular flexibility index (Phi) is 4.90. The highest BCUT2D eigenvalue weighted by atomic mass is 32.2. The van der Waals surface area contributed by atoms with E-state index in [4.69, 9.17) is 0 Å². The predicted octanol–water partition coefficient (Wildman–Crippen LogP) is 2.58. The smallest absolute Gasteiger partial charge is 0.249 e. The second kappa shape index (κ2) is 7.20. The topological polar surface area (TPSA) is 74.8 Å². The average molecular weight is 388 g/mol. The second-order valence-corrected chi connectivity index (χ2v) is 9.27. The third kappa shape index (κ3) is 3.12. The molecule has 1 aromatic carbocycles. The van der Waals surface area contributed by atoms with Crippen molar-refractivity contribution in [2.45, 2.75) is 38.5 Å². The van der Waals surface area contributed by atoms with Crippen LogP contribution in [0.4, 0.5) is 0 Å². The maximum absolute atomic E-state index is 13.4. The first kappa shape index (κ1) is 18.4. The van der Waals surface area contributed by atoms with Crippen molar-refractivity contribution < 1.29 is 18.0 Å². The van der Waals surface area contributed by atoms with E-state index in [1.165, 1.54) is 4.31 Å². The number of likely N-dealkylation sites (tertiary alicyclic amines) is 1. The van der Waals surface area contributed by atoms with Crippen molar-refractivity contribution in [2.75, 3.05) is 26.2 Å². The van der Waals surface area contributed by atoms with E-state index in [9.17, 15) is 18.0 Å². The van der Waals surface area contributed by atoms with Crippen molar-refractivity contribution in [2.24, 2.45) is 0 Å². The molecule has 1 aliphatic carbocycles. The van der Waals surface area contributed by atoms with Crippen LogP contribution in [0.5, 0.6) is 0 Å². The number of hydrogen-bond acceptors (Lipinski definition) is 5. The minimum Gasteiger partial charge on any atom is -0.367 e. The second-order valence-electron chi connectivity index (χ2n) is 7.39. The van der Waals surface area contributed by atoms with Crippen molar-refractivity contribution in [1.82, 2.24) is 9.21 Å². The number of nitrogens with zero attached hydrogens (tertiary/aromatic N) is 2. The van der Waals surface area contributed by atoms with Gasteiger partial charge in [-0.15, -0.1) is 0 Å². The zero-order valence-corrected chi connectivity index (χ0v) is 16.1. The summed E-state index contributed by atoms with van der Waals surface area (Å²) in [4.78, 5) is 28.1. The Hall–Kier alpha value is -1.99. The van der Waals surface area contributed by atoms with Crippen LogP contribution < -0.4 is 0 Å². The van der Waals surface area contributed by atoms with Gasteiger partial charge in [0, 0.05) is 37.3 Å². The van der Waals surface area contributed by atoms with E-state index in [1.54, 1.807) is 24.3 Å². The van der Waals surface area contributed by atoms with Crippen LogP contribution in [0.1, 0.15) is 59.2 Å². The summed E-state index contributed by atoms with van der Waals surface area (Å²) in [7, 11) is -4.00. The lowest BCUT2D eigenvalue weighted by Crippen LogP contribution is -2.41. The molecule has 6 nitrogen and oxygen atoms in total. The van der Waals surface area contributed by atoms with E-state index in [-0.39, 0.29) is 21.9 Å². The van der Waals surface area contributed by atoms with Gasteiger partial charge in [-0.2, -0.15) is 4.31 Å². The molecule has 3 aliphatic rings. The van der Waals surface area contributed by atoms with Gasteiger partial charge in [-0.05, 0) is 25.7 Å². The van der Waals surface area contributed by atoms with Crippen LogP contribution in [0, 0.1) is 0 Å². The van der Waals surface area contributed by atoms with E-state index < -0.39 is 15.8 Å². The van der Waals surface area contributed by atoms with Crippen molar-refractivity contribution in [3.8, 4) is 0 Å². The third-order valence-corrected chi connectivity index (χ3v) is 7.58. The van der Waals surface area contributed by atoms with Gasteiger partial charge in [-0.25, -0.2) is 8.42 Å². The molecule has 4 rings (SSSR count). The summed E-state index contributed by atoms with van der Waals surface area (Å²) in [5.41, 5.74) is 0.591. The summed E-state index contributed by atoms with van der Waals surface area (Å²) in [6, 6.07) is 6.55. The van der Waals surface area contributed by atoms with Gasteiger partial charge in [-0.3, -0.25) is 9.59 Å². The van der Waals surface area contributed by atoms with Crippen LogP contribution in [0.15, 0.2) is 34.9 Å². The molecule has 2 saturated heterocycles. The predicted molar refractivity (Wildman–Crippen MR) is 102 cm³/mol. The van der Waals surface area contributed by atoms with E-state index in [1.807, 2.05) is 4.90 Å². The van der Waals surface area contributed by atoms with Gasteiger partial charge in [0.25, 0.3) is 0 Å². The normalized spacial score (nSPS) is 22.1. The Labute approximate surface area is 159 Å². The maximum Gasteiger partial charge on any atom is 0.249 e. The summed E-state index contributed by atoms with van der Waals surface area (Å²) >= 11 is 0. The number of benzene rings is 1. The number of carbonyl (C=O) groups excluding carboxylic acids is 2. The molecule has 144 valence electrons. The minimum absolute atomic E-state index is 0.0903. The van der Waals surface area contributed by atoms with Gasteiger partial charge in [0.15, 0.2) is 4.91 Å². The van der Waals surface area contributed by atoms with Crippen LogP contribution in [-0.2, 0) is 10.0 Å². The molecule has 27 heavy (non-hydrogen) atoms. The largest absolute Gasteiger partial charge is 0.367 e. The summed E-state index contributed by atoms with van der Waals surface area (Å²) in [6.45, 7) is 2.02. The molecule has 1 aromatic rings. The molecule has 2 aliphatic heterocycles. The highest BCUT2D eigenvalue weighted by molar-refractivity contribution is 7.94. The molecule has 0 spiro atoms. The van der Waals surface area contributed by atoms with Crippen molar-refractivity contribution in [3.63, 3.8) is 0 Å². The van der Waals surface area contributed by atoms with Crippen molar-refractivity contribution in [1.29, 1.82) is 0 Å². The Morgan fingerprint density at radius 2 is 1.22 bits per heavy atom. The van der Waals surface area contributed by atoms with E-state index in [2.05, 4.69) is 0 Å². The number of fused-ring (bicyclic) bond motifs is 1. The number of rotatable bonds is 3. The monoisotopic (exact) mass is 388 g/mol. The van der Waals surface area contributed by atoms with Crippen LogP contribution in [-0.4, -0.2) is 55.4 Å². The lowest BCUT2D eigenvalue weighted by atomic mass is 9.91. The zero-order chi connectivity index (χ0) is 19.0. The number of hydrogen-bond donors (Lipinski definition) is 0. The molecule has 2 heterocycles. The first-order valence-corrected chi connectivity index (χ1v) is 11.1. The standard InChI is InChI=1S/C20H24N2O4S/c23-18-15-9-3-4-10-16(15)19(24)20(27(25,26)22-13-7-8-14-22)17(18)21-11-5-1-2-6-12-21/h3-4,9-10H,1-2,5-8,11-14H2. The van der Waals surface area contributed by atoms with Crippen LogP contribution in [0.2, 0.25) is 0 Å². The Morgan fingerprint density at radius 3 is 1.81 bits per heavy atom. The molecule has 2 fully saturated rings. The first-order chi connectivity index (χ1) is 13.0. The van der Waals surface area contributed by atoms with Gasteiger partial charge in [0.05, 0.1) is 0 Å². The summed E-state index contributed by atoms with van der Waals surface area (Å²) in [6.07, 6.45) is 5.45. The highest BCUT2D eigenvalue weighted by Crippen LogP contribution is 2.34. The van der Waals surface area contributed by atoms with Gasteiger partial charge in [0.2, 0.25) is 21.6 Å². The fourth-order valence-corrected chi connectivity index (χ4v) is 6.03. The van der Waals surface area contributed by atoms with Crippen LogP contribution in [0.3, 0.4) is 0 Å². The quantitative estimate of drug-likeness (QED) is 0.796. The van der Waals surface area contributed by atoms with E-state index >= 15 is 0 Å². The lowest BCUT2D eigenvalue weighted by molar-refractivity contribution is 0.0946. The van der Waals surface area contributed by atoms with Gasteiger partial charge >= 0.3 is 0 Å². The minimum atomic E-state index is -4.00. The number of carbonyl (C=O) groups is 2. The third-order valence-electron chi connectivity index (χ3n) is 5.64. The SMILES string of the molecule is O=C1C(N2CCCCCC2)=C(S(=O)(=O)N2CCCC2)C(=O)c2ccccc21. The molecule has 0 bridgehead atoms. The van der Waals surface area contributed by atoms with Crippen molar-refractivity contribution in [3.05, 3.63) is 46.0 Å². The van der Waals surface area contributed by atoms with Crippen LogP contribution in [0.25, 0.3) is 0 Å². The van der Waals surface area contributed by atoms with Gasteiger partial charge in [0.1, 0.15) is 5.70 Å². The first-order valence-electron chi connectivity index (χ1n) is 9.69. The molecule has 0 radical (unpaired) electrons. The molecule has 0 N–H and O–H groups in total. The fraction of sp³-hybridized carbons (Fsp3) is 0.500. The number of sulfonamides is 1. The molecular weight excluding hydrogens is 364 g/mol. The molecule has 7 heteroatoms. The van der Waals surface area contributed by atoms with Crippen molar-refractivity contribution >= 4 is 21.6 Å². The fourth-order valence-electron chi connectivity index (χ4n) is 4.22. The summed E-state index contributed by atoms with van der Waals surface area (Å²) in [5, 5.41) is 0. The van der Waals surface area contributed by atoms with Gasteiger partial charge < -0.3 is 4.90 Å². The Morgan fingerprint density at radius 1 is 0.704 bits per heavy atom. The highest BCUT2D eigenvalue weighted by Gasteiger charge is 2.44. The maximum atomic E-state index is 13.4. The molecule has 0 aromatic heterocycles. The molecule has 0 amide bonds. The number of Topliss-reactive ketones (excluding diaryl/α,β-unsaturated/α-hetero) is 2. The zero-order valence-electron chi connectivity index (χ0n) is 15.3. The molecule has 0 saturated carbocycles. The molecular formula is C20H24N2O4S. The average Bonchev–Trinajstić information content (AvgIpc) is 3.09. The summed E-state index contributed by atoms with van der Waals surface area (Å²) in [5.74, 6) is -0.888. The Bertz CT molecular complexity index is 906. The van der Waals surface area contributed by atoms with E-state index in [0.717, 1.165) is 38.5 Å². The van der Waals surface area contributed by atoms with Crippen LogP contribution >= 0.6 is 0 Å².